The summed E-state index contributed by atoms with van der Waals surface area (Å²) in [5, 5.41) is 8.67. The molecule has 0 unspecified atom stereocenters. The number of nitrogens with one attached hydrogen (secondary N) is 2. The van der Waals surface area contributed by atoms with E-state index in [1.807, 2.05) is 30.3 Å². The third-order valence-electron chi connectivity index (χ3n) is 2.66. The standard InChI is InChI=1S/C12H17N5OS/c1-4-14-12-15-10(17(3)7-9(18)13-2)8-5-6-19-11(8)16-12/h5-6H,4,7H2,1-3H3,(H,13,18)(H,14,15,16). The summed E-state index contributed by atoms with van der Waals surface area (Å²) in [6.45, 7) is 3.02. The molecule has 2 aromatic heterocycles. The minimum absolute atomic E-state index is 0.0468. The molecule has 0 atom stereocenters. The van der Waals surface area contributed by atoms with Gasteiger partial charge in [0.25, 0.3) is 0 Å². The second-order valence-corrected chi connectivity index (χ2v) is 4.96. The van der Waals surface area contributed by atoms with E-state index in [4.69, 9.17) is 0 Å². The van der Waals surface area contributed by atoms with Gasteiger partial charge in [0.2, 0.25) is 11.9 Å². The smallest absolute Gasteiger partial charge is 0.239 e. The summed E-state index contributed by atoms with van der Waals surface area (Å²) >= 11 is 1.57. The Labute approximate surface area is 115 Å². The molecule has 0 bridgehead atoms. The quantitative estimate of drug-likeness (QED) is 0.863. The fraction of sp³-hybridized carbons (Fsp3) is 0.417. The van der Waals surface area contributed by atoms with Crippen LogP contribution in [0.25, 0.3) is 10.2 Å². The van der Waals surface area contributed by atoms with Gasteiger partial charge in [-0.3, -0.25) is 4.79 Å². The molecule has 2 rings (SSSR count). The van der Waals surface area contributed by atoms with E-state index in [0.717, 1.165) is 22.6 Å². The van der Waals surface area contributed by atoms with Crippen LogP contribution in [0.3, 0.4) is 0 Å². The molecule has 2 N–H and O–H groups in total. The molecular weight excluding hydrogens is 262 g/mol. The molecule has 0 spiro atoms. The van der Waals surface area contributed by atoms with Crippen LogP contribution in [0.5, 0.6) is 0 Å². The van der Waals surface area contributed by atoms with Gasteiger partial charge in [-0.2, -0.15) is 4.98 Å². The van der Waals surface area contributed by atoms with Gasteiger partial charge in [-0.05, 0) is 18.4 Å². The van der Waals surface area contributed by atoms with Gasteiger partial charge in [0.15, 0.2) is 0 Å². The van der Waals surface area contributed by atoms with Crippen LogP contribution < -0.4 is 15.5 Å². The third kappa shape index (κ3) is 2.93. The van der Waals surface area contributed by atoms with Crippen LogP contribution in [-0.2, 0) is 4.79 Å². The van der Waals surface area contributed by atoms with Crippen molar-refractivity contribution in [3.8, 4) is 0 Å². The van der Waals surface area contributed by atoms with Crippen LogP contribution in [0.4, 0.5) is 11.8 Å². The van der Waals surface area contributed by atoms with E-state index >= 15 is 0 Å². The number of nitrogens with zero attached hydrogens (tertiary/aromatic N) is 3. The van der Waals surface area contributed by atoms with Crippen molar-refractivity contribution < 1.29 is 4.79 Å². The van der Waals surface area contributed by atoms with Crippen LogP contribution in [0, 0.1) is 0 Å². The monoisotopic (exact) mass is 279 g/mol. The molecule has 19 heavy (non-hydrogen) atoms. The van der Waals surface area contributed by atoms with Crippen LogP contribution in [-0.4, -0.2) is 43.1 Å². The lowest BCUT2D eigenvalue weighted by atomic mass is 10.3. The summed E-state index contributed by atoms with van der Waals surface area (Å²) < 4.78 is 0. The highest BCUT2D eigenvalue weighted by atomic mass is 32.1. The highest BCUT2D eigenvalue weighted by Gasteiger charge is 2.14. The molecule has 0 aliphatic carbocycles. The van der Waals surface area contributed by atoms with Crippen LogP contribution in [0.1, 0.15) is 6.92 Å². The Hall–Kier alpha value is -1.89. The number of amides is 1. The molecule has 0 radical (unpaired) electrons. The molecule has 2 aromatic rings. The number of thiophene rings is 1. The van der Waals surface area contributed by atoms with Gasteiger partial charge in [-0.1, -0.05) is 0 Å². The Bertz CT molecular complexity index is 583. The van der Waals surface area contributed by atoms with Crippen LogP contribution in [0.2, 0.25) is 0 Å². The molecule has 2 heterocycles. The molecule has 102 valence electrons. The first-order valence-corrected chi connectivity index (χ1v) is 6.94. The van der Waals surface area contributed by atoms with Crippen molar-refractivity contribution in [2.45, 2.75) is 6.92 Å². The fourth-order valence-corrected chi connectivity index (χ4v) is 2.50. The fourth-order valence-electron chi connectivity index (χ4n) is 1.74. The molecule has 0 aliphatic heterocycles. The van der Waals surface area contributed by atoms with E-state index in [0.29, 0.717) is 5.95 Å². The van der Waals surface area contributed by atoms with Gasteiger partial charge in [0, 0.05) is 20.6 Å². The maximum absolute atomic E-state index is 11.5. The average molecular weight is 279 g/mol. The largest absolute Gasteiger partial charge is 0.358 e. The van der Waals surface area contributed by atoms with E-state index in [1.165, 1.54) is 0 Å². The summed E-state index contributed by atoms with van der Waals surface area (Å²) in [6, 6.07) is 1.98. The minimum Gasteiger partial charge on any atom is -0.358 e. The number of hydrogen-bond donors (Lipinski definition) is 2. The highest BCUT2D eigenvalue weighted by Crippen LogP contribution is 2.28. The molecule has 0 fully saturated rings. The minimum atomic E-state index is -0.0468. The van der Waals surface area contributed by atoms with E-state index in [2.05, 4.69) is 20.6 Å². The zero-order valence-corrected chi connectivity index (χ0v) is 12.0. The summed E-state index contributed by atoms with van der Waals surface area (Å²) in [5.74, 6) is 1.32. The molecule has 0 aliphatic rings. The van der Waals surface area contributed by atoms with Crippen molar-refractivity contribution in [2.75, 3.05) is 37.4 Å². The van der Waals surface area contributed by atoms with Crippen LogP contribution in [0.15, 0.2) is 11.4 Å². The Morgan fingerprint density at radius 1 is 1.47 bits per heavy atom. The van der Waals surface area contributed by atoms with Crippen molar-refractivity contribution in [2.24, 2.45) is 0 Å². The maximum Gasteiger partial charge on any atom is 0.239 e. The van der Waals surface area contributed by atoms with Gasteiger partial charge in [0.05, 0.1) is 11.9 Å². The molecule has 7 heteroatoms. The second kappa shape index (κ2) is 5.83. The van der Waals surface area contributed by atoms with E-state index in [1.54, 1.807) is 18.4 Å². The number of anilines is 2. The Morgan fingerprint density at radius 3 is 2.95 bits per heavy atom. The van der Waals surface area contributed by atoms with Crippen molar-refractivity contribution in [3.05, 3.63) is 11.4 Å². The zero-order chi connectivity index (χ0) is 13.8. The predicted molar refractivity (Wildman–Crippen MR) is 78.9 cm³/mol. The molecule has 0 saturated carbocycles. The lowest BCUT2D eigenvalue weighted by molar-refractivity contribution is -0.119. The highest BCUT2D eigenvalue weighted by molar-refractivity contribution is 7.16. The number of carbonyl (C=O) groups is 1. The van der Waals surface area contributed by atoms with Gasteiger partial charge in [-0.15, -0.1) is 11.3 Å². The zero-order valence-electron chi connectivity index (χ0n) is 11.2. The van der Waals surface area contributed by atoms with E-state index in [9.17, 15) is 4.79 Å². The van der Waals surface area contributed by atoms with Gasteiger partial charge in [-0.25, -0.2) is 4.98 Å². The summed E-state index contributed by atoms with van der Waals surface area (Å²) in [4.78, 5) is 23.1. The van der Waals surface area contributed by atoms with Gasteiger partial charge < -0.3 is 15.5 Å². The molecule has 1 amide bonds. The number of aromatic nitrogens is 2. The summed E-state index contributed by atoms with van der Waals surface area (Å²) in [7, 11) is 3.48. The number of fused-ring (bicyclic) bond motifs is 1. The summed E-state index contributed by atoms with van der Waals surface area (Å²) in [5.41, 5.74) is 0. The summed E-state index contributed by atoms with van der Waals surface area (Å²) in [6.07, 6.45) is 0. The number of rotatable bonds is 5. The number of carbonyl (C=O) groups excluding carboxylic acids is 1. The van der Waals surface area contributed by atoms with Crippen molar-refractivity contribution >= 4 is 39.2 Å². The van der Waals surface area contributed by atoms with E-state index in [-0.39, 0.29) is 12.5 Å². The lowest BCUT2D eigenvalue weighted by Crippen LogP contribution is -2.33. The molecule has 6 nitrogen and oxygen atoms in total. The van der Waals surface area contributed by atoms with Crippen molar-refractivity contribution in [3.63, 3.8) is 0 Å². The Morgan fingerprint density at radius 2 is 2.26 bits per heavy atom. The first-order valence-electron chi connectivity index (χ1n) is 6.06. The molecular formula is C12H17N5OS. The lowest BCUT2D eigenvalue weighted by Gasteiger charge is -2.18. The number of hydrogen-bond acceptors (Lipinski definition) is 6. The Balaban J connectivity index is 2.39. The van der Waals surface area contributed by atoms with Crippen molar-refractivity contribution in [1.82, 2.24) is 15.3 Å². The first-order chi connectivity index (χ1) is 9.15. The average Bonchev–Trinajstić information content (AvgIpc) is 2.86. The molecule has 0 aromatic carbocycles. The predicted octanol–water partition coefficient (Wildman–Crippen LogP) is 1.31. The third-order valence-corrected chi connectivity index (χ3v) is 3.47. The maximum atomic E-state index is 11.5. The second-order valence-electron chi connectivity index (χ2n) is 4.07. The molecule has 0 saturated heterocycles. The van der Waals surface area contributed by atoms with Crippen LogP contribution >= 0.6 is 11.3 Å². The SMILES string of the molecule is CCNc1nc(N(C)CC(=O)NC)c2ccsc2n1. The van der Waals surface area contributed by atoms with E-state index < -0.39 is 0 Å². The van der Waals surface area contributed by atoms with Crippen molar-refractivity contribution in [1.29, 1.82) is 0 Å². The topological polar surface area (TPSA) is 70.2 Å². The van der Waals surface area contributed by atoms with Gasteiger partial charge in [0.1, 0.15) is 10.6 Å². The number of likely N-dealkylation sites (N-methyl/N-ethyl adjacent to an activating group) is 2. The first kappa shape index (κ1) is 13.5. The Kier molecular flexibility index (Phi) is 4.16. The van der Waals surface area contributed by atoms with Gasteiger partial charge >= 0.3 is 0 Å². The normalized spacial score (nSPS) is 10.5.